The summed E-state index contributed by atoms with van der Waals surface area (Å²) in [5.41, 5.74) is 1.11. The van der Waals surface area contributed by atoms with Crippen molar-refractivity contribution < 1.29 is 4.39 Å². The molecule has 0 bridgehead atoms. The topological polar surface area (TPSA) is 12.0 Å². The molecule has 1 nitrogen and oxygen atoms in total. The van der Waals surface area contributed by atoms with Gasteiger partial charge in [-0.3, -0.25) is 0 Å². The summed E-state index contributed by atoms with van der Waals surface area (Å²) >= 11 is 3.23. The fourth-order valence-corrected chi connectivity index (χ4v) is 2.80. The van der Waals surface area contributed by atoms with E-state index < -0.39 is 0 Å². The van der Waals surface area contributed by atoms with Gasteiger partial charge in [0.2, 0.25) is 0 Å². The second-order valence-electron chi connectivity index (χ2n) is 4.93. The van der Waals surface area contributed by atoms with Crippen LogP contribution in [-0.4, -0.2) is 6.04 Å². The zero-order valence-electron chi connectivity index (χ0n) is 11.6. The lowest BCUT2D eigenvalue weighted by Crippen LogP contribution is -2.35. The highest BCUT2D eigenvalue weighted by Gasteiger charge is 2.16. The van der Waals surface area contributed by atoms with Crippen molar-refractivity contribution in [3.8, 4) is 0 Å². The fraction of sp³-hybridized carbons (Fsp3) is 0.600. The largest absolute Gasteiger partial charge is 0.307 e. The molecule has 1 aromatic rings. The number of nitrogens with one attached hydrogen (secondary N) is 1. The van der Waals surface area contributed by atoms with Gasteiger partial charge in [-0.1, -0.05) is 32.8 Å². The second kappa shape index (κ2) is 7.25. The molecule has 3 heteroatoms. The zero-order chi connectivity index (χ0) is 13.7. The number of hydrogen-bond donors (Lipinski definition) is 1. The fourth-order valence-electron chi connectivity index (χ4n) is 2.40. The molecule has 0 aliphatic rings. The summed E-state index contributed by atoms with van der Waals surface area (Å²) in [4.78, 5) is 0. The van der Waals surface area contributed by atoms with Crippen LogP contribution in [0.4, 0.5) is 4.39 Å². The van der Waals surface area contributed by atoms with Crippen LogP contribution in [0.2, 0.25) is 0 Å². The Morgan fingerprint density at radius 2 is 1.83 bits per heavy atom. The van der Waals surface area contributed by atoms with Crippen molar-refractivity contribution >= 4 is 15.9 Å². The first-order valence-electron chi connectivity index (χ1n) is 6.70. The summed E-state index contributed by atoms with van der Waals surface area (Å²) in [5, 5.41) is 3.60. The molecule has 0 aliphatic heterocycles. The van der Waals surface area contributed by atoms with Crippen LogP contribution in [-0.2, 0) is 0 Å². The average molecular weight is 316 g/mol. The highest BCUT2D eigenvalue weighted by molar-refractivity contribution is 9.10. The Labute approximate surface area is 118 Å². The van der Waals surface area contributed by atoms with Crippen LogP contribution < -0.4 is 5.32 Å². The van der Waals surface area contributed by atoms with E-state index in [1.807, 2.05) is 12.1 Å². The third-order valence-corrected chi connectivity index (χ3v) is 4.32. The molecular weight excluding hydrogens is 293 g/mol. The molecular formula is C15H23BrFN. The molecule has 1 rings (SSSR count). The number of halogens is 2. The van der Waals surface area contributed by atoms with E-state index in [0.29, 0.717) is 16.4 Å². The summed E-state index contributed by atoms with van der Waals surface area (Å²) in [7, 11) is 0. The first-order valence-corrected chi connectivity index (χ1v) is 7.49. The smallest absolute Gasteiger partial charge is 0.137 e. The molecule has 1 N–H and O–H groups in total. The van der Waals surface area contributed by atoms with Crippen LogP contribution >= 0.6 is 15.9 Å². The van der Waals surface area contributed by atoms with E-state index in [0.717, 1.165) is 5.56 Å². The van der Waals surface area contributed by atoms with Gasteiger partial charge in [0.05, 0.1) is 4.47 Å². The van der Waals surface area contributed by atoms with E-state index in [4.69, 9.17) is 0 Å². The normalized spacial score (nSPS) is 14.8. The molecule has 0 radical (unpaired) electrons. The lowest BCUT2D eigenvalue weighted by atomic mass is 9.94. The maximum atomic E-state index is 13.2. The summed E-state index contributed by atoms with van der Waals surface area (Å²) in [6.45, 7) is 8.81. The summed E-state index contributed by atoms with van der Waals surface area (Å²) < 4.78 is 13.7. The molecule has 0 heterocycles. The molecule has 0 spiro atoms. The molecule has 0 amide bonds. The molecule has 0 aromatic heterocycles. The number of benzene rings is 1. The van der Waals surface area contributed by atoms with Crippen molar-refractivity contribution in [1.82, 2.24) is 5.32 Å². The standard InChI is InChI=1S/C15H23BrFN/c1-5-12(6-2)10(3)18-11(4)13-7-8-15(17)14(16)9-13/h7-12,18H,5-6H2,1-4H3. The maximum Gasteiger partial charge on any atom is 0.137 e. The zero-order valence-corrected chi connectivity index (χ0v) is 13.2. The third kappa shape index (κ3) is 4.06. The van der Waals surface area contributed by atoms with E-state index in [1.54, 1.807) is 0 Å². The number of hydrogen-bond acceptors (Lipinski definition) is 1. The van der Waals surface area contributed by atoms with E-state index in [1.165, 1.54) is 18.9 Å². The average Bonchev–Trinajstić information content (AvgIpc) is 2.34. The maximum absolute atomic E-state index is 13.2. The van der Waals surface area contributed by atoms with E-state index in [9.17, 15) is 4.39 Å². The van der Waals surface area contributed by atoms with Gasteiger partial charge in [0.25, 0.3) is 0 Å². The van der Waals surface area contributed by atoms with Crippen molar-refractivity contribution in [3.05, 3.63) is 34.1 Å². The molecule has 2 atom stereocenters. The Morgan fingerprint density at radius 1 is 1.22 bits per heavy atom. The Morgan fingerprint density at radius 3 is 2.33 bits per heavy atom. The minimum absolute atomic E-state index is 0.209. The quantitative estimate of drug-likeness (QED) is 0.773. The lowest BCUT2D eigenvalue weighted by molar-refractivity contribution is 0.330. The first-order chi connectivity index (χ1) is 8.49. The molecule has 0 saturated heterocycles. The van der Waals surface area contributed by atoms with Crippen LogP contribution in [0.5, 0.6) is 0 Å². The molecule has 0 fully saturated rings. The highest BCUT2D eigenvalue weighted by atomic mass is 79.9. The van der Waals surface area contributed by atoms with E-state index in [-0.39, 0.29) is 11.9 Å². The van der Waals surface area contributed by atoms with Crippen molar-refractivity contribution in [2.45, 2.75) is 52.6 Å². The number of rotatable bonds is 6. The monoisotopic (exact) mass is 315 g/mol. The Bertz CT molecular complexity index is 377. The van der Waals surface area contributed by atoms with E-state index >= 15 is 0 Å². The minimum Gasteiger partial charge on any atom is -0.307 e. The van der Waals surface area contributed by atoms with Gasteiger partial charge in [0, 0.05) is 12.1 Å². The Balaban J connectivity index is 2.69. The predicted octanol–water partition coefficient (Wildman–Crippen LogP) is 5.06. The third-order valence-electron chi connectivity index (χ3n) is 3.71. The predicted molar refractivity (Wildman–Crippen MR) is 79.2 cm³/mol. The van der Waals surface area contributed by atoms with Crippen molar-refractivity contribution in [2.24, 2.45) is 5.92 Å². The molecule has 102 valence electrons. The van der Waals surface area contributed by atoms with Crippen LogP contribution in [0.25, 0.3) is 0 Å². The first kappa shape index (κ1) is 15.6. The van der Waals surface area contributed by atoms with E-state index in [2.05, 4.69) is 48.9 Å². The van der Waals surface area contributed by atoms with Crippen molar-refractivity contribution in [1.29, 1.82) is 0 Å². The van der Waals surface area contributed by atoms with Gasteiger partial charge in [-0.05, 0) is 53.4 Å². The van der Waals surface area contributed by atoms with Gasteiger partial charge in [-0.2, -0.15) is 0 Å². The van der Waals surface area contributed by atoms with Crippen molar-refractivity contribution in [3.63, 3.8) is 0 Å². The SMILES string of the molecule is CCC(CC)C(C)NC(C)c1ccc(F)c(Br)c1. The molecule has 1 aromatic carbocycles. The molecule has 0 aliphatic carbocycles. The second-order valence-corrected chi connectivity index (χ2v) is 5.78. The van der Waals surface area contributed by atoms with Gasteiger partial charge in [0.1, 0.15) is 5.82 Å². The molecule has 2 unspecified atom stereocenters. The summed E-state index contributed by atoms with van der Waals surface area (Å²) in [6, 6.07) is 5.92. The molecule has 18 heavy (non-hydrogen) atoms. The molecule has 0 saturated carbocycles. The summed E-state index contributed by atoms with van der Waals surface area (Å²) in [5.74, 6) is 0.482. The van der Waals surface area contributed by atoms with Gasteiger partial charge in [-0.15, -0.1) is 0 Å². The van der Waals surface area contributed by atoms with Gasteiger partial charge < -0.3 is 5.32 Å². The lowest BCUT2D eigenvalue weighted by Gasteiger charge is -2.26. The van der Waals surface area contributed by atoms with Crippen LogP contribution in [0.15, 0.2) is 22.7 Å². The van der Waals surface area contributed by atoms with Gasteiger partial charge in [-0.25, -0.2) is 4.39 Å². The van der Waals surface area contributed by atoms with Crippen LogP contribution in [0.1, 0.15) is 52.1 Å². The Kier molecular flexibility index (Phi) is 6.30. The van der Waals surface area contributed by atoms with Crippen molar-refractivity contribution in [2.75, 3.05) is 0 Å². The van der Waals surface area contributed by atoms with Gasteiger partial charge in [0.15, 0.2) is 0 Å². The summed E-state index contributed by atoms with van der Waals surface area (Å²) in [6.07, 6.45) is 2.37. The minimum atomic E-state index is -0.209. The Hall–Kier alpha value is -0.410. The van der Waals surface area contributed by atoms with Gasteiger partial charge >= 0.3 is 0 Å². The van der Waals surface area contributed by atoms with Crippen LogP contribution in [0.3, 0.4) is 0 Å². The van der Waals surface area contributed by atoms with Crippen LogP contribution in [0, 0.1) is 11.7 Å². The highest BCUT2D eigenvalue weighted by Crippen LogP contribution is 2.23.